The van der Waals surface area contributed by atoms with Gasteiger partial charge in [-0.1, -0.05) is 6.07 Å². The van der Waals surface area contributed by atoms with Crippen LogP contribution in [0.5, 0.6) is 5.88 Å². The predicted octanol–water partition coefficient (Wildman–Crippen LogP) is 3.96. The largest absolute Gasteiger partial charge is 0.473 e. The Morgan fingerprint density at radius 3 is 2.71 bits per heavy atom. The van der Waals surface area contributed by atoms with Crippen LogP contribution in [0.3, 0.4) is 0 Å². The molecule has 0 atom stereocenters. The molecule has 5 rings (SSSR count). The highest BCUT2D eigenvalue weighted by molar-refractivity contribution is 5.74. The van der Waals surface area contributed by atoms with Crippen molar-refractivity contribution < 1.29 is 9.13 Å². The molecule has 6 nitrogen and oxygen atoms in total. The summed E-state index contributed by atoms with van der Waals surface area (Å²) in [5.41, 5.74) is 3.30. The first-order chi connectivity index (χ1) is 13.7. The van der Waals surface area contributed by atoms with Crippen LogP contribution in [0.4, 0.5) is 15.8 Å². The number of anilines is 2. The van der Waals surface area contributed by atoms with Gasteiger partial charge in [-0.15, -0.1) is 5.10 Å². The SMILES string of the molecule is CN1CCC(Oc2cc(Nc3cccc(F)c3)c3ncc(C4CC4)n3n2)CC1. The highest BCUT2D eigenvalue weighted by atomic mass is 19.1. The van der Waals surface area contributed by atoms with Crippen molar-refractivity contribution in [3.63, 3.8) is 0 Å². The molecule has 2 aromatic heterocycles. The number of rotatable bonds is 5. The van der Waals surface area contributed by atoms with Crippen molar-refractivity contribution in [1.29, 1.82) is 0 Å². The number of likely N-dealkylation sites (tertiary alicyclic amines) is 1. The Kier molecular flexibility index (Phi) is 4.39. The lowest BCUT2D eigenvalue weighted by Gasteiger charge is -2.29. The number of ether oxygens (including phenoxy) is 1. The van der Waals surface area contributed by atoms with Crippen LogP contribution in [0.1, 0.15) is 37.3 Å². The van der Waals surface area contributed by atoms with Crippen molar-refractivity contribution in [3.05, 3.63) is 48.0 Å². The van der Waals surface area contributed by atoms with Gasteiger partial charge in [-0.05, 0) is 50.9 Å². The minimum atomic E-state index is -0.278. The van der Waals surface area contributed by atoms with Gasteiger partial charge in [0.15, 0.2) is 5.65 Å². The number of imidazole rings is 1. The topological polar surface area (TPSA) is 54.7 Å². The fraction of sp³-hybridized carbons (Fsp3) is 0.429. The fourth-order valence-electron chi connectivity index (χ4n) is 3.77. The summed E-state index contributed by atoms with van der Waals surface area (Å²) in [4.78, 5) is 6.89. The van der Waals surface area contributed by atoms with E-state index < -0.39 is 0 Å². The van der Waals surface area contributed by atoms with E-state index in [2.05, 4.69) is 22.2 Å². The lowest BCUT2D eigenvalue weighted by atomic mass is 10.1. The van der Waals surface area contributed by atoms with Crippen LogP contribution in [-0.2, 0) is 0 Å². The number of benzene rings is 1. The molecule has 1 N–H and O–H groups in total. The molecule has 28 heavy (non-hydrogen) atoms. The molecule has 7 heteroatoms. The zero-order chi connectivity index (χ0) is 19.1. The van der Waals surface area contributed by atoms with Crippen molar-refractivity contribution in [3.8, 4) is 5.88 Å². The molecule has 0 bridgehead atoms. The lowest BCUT2D eigenvalue weighted by molar-refractivity contribution is 0.109. The van der Waals surface area contributed by atoms with E-state index in [1.54, 1.807) is 6.07 Å². The van der Waals surface area contributed by atoms with Gasteiger partial charge in [0.25, 0.3) is 0 Å². The van der Waals surface area contributed by atoms with Gasteiger partial charge in [-0.3, -0.25) is 0 Å². The molecule has 1 saturated carbocycles. The predicted molar refractivity (Wildman–Crippen MR) is 106 cm³/mol. The summed E-state index contributed by atoms with van der Waals surface area (Å²) in [7, 11) is 2.13. The first-order valence-corrected chi connectivity index (χ1v) is 9.92. The summed E-state index contributed by atoms with van der Waals surface area (Å²) < 4.78 is 21.8. The third kappa shape index (κ3) is 3.54. The van der Waals surface area contributed by atoms with Gasteiger partial charge in [-0.2, -0.15) is 0 Å². The van der Waals surface area contributed by atoms with Gasteiger partial charge in [0.2, 0.25) is 5.88 Å². The first kappa shape index (κ1) is 17.4. The van der Waals surface area contributed by atoms with E-state index in [1.807, 2.05) is 22.8 Å². The van der Waals surface area contributed by atoms with Crippen molar-refractivity contribution in [1.82, 2.24) is 19.5 Å². The highest BCUT2D eigenvalue weighted by Crippen LogP contribution is 2.41. The maximum atomic E-state index is 13.6. The number of hydrogen-bond acceptors (Lipinski definition) is 5. The van der Waals surface area contributed by atoms with E-state index in [-0.39, 0.29) is 11.9 Å². The fourth-order valence-corrected chi connectivity index (χ4v) is 3.77. The summed E-state index contributed by atoms with van der Waals surface area (Å²) >= 11 is 0. The van der Waals surface area contributed by atoms with Gasteiger partial charge in [0.1, 0.15) is 11.9 Å². The number of piperidine rings is 1. The number of nitrogens with one attached hydrogen (secondary N) is 1. The van der Waals surface area contributed by atoms with Gasteiger partial charge in [-0.25, -0.2) is 13.9 Å². The van der Waals surface area contributed by atoms with Crippen molar-refractivity contribution in [2.45, 2.75) is 37.7 Å². The Hall–Kier alpha value is -2.67. The summed E-state index contributed by atoms with van der Waals surface area (Å²) in [6.45, 7) is 2.05. The molecule has 0 spiro atoms. The quantitative estimate of drug-likeness (QED) is 0.725. The maximum absolute atomic E-state index is 13.6. The number of aromatic nitrogens is 3. The monoisotopic (exact) mass is 381 g/mol. The van der Waals surface area contributed by atoms with Crippen LogP contribution in [0.2, 0.25) is 0 Å². The third-order valence-electron chi connectivity index (χ3n) is 5.52. The van der Waals surface area contributed by atoms with Crippen molar-refractivity contribution in [2.75, 3.05) is 25.5 Å². The standard InChI is InChI=1S/C21H24FN5O/c1-26-9-7-17(8-10-26)28-20-12-18(24-16-4-2-3-15(22)11-16)21-23-13-19(14-5-6-14)27(21)25-20/h2-4,11-14,17,24H,5-10H2,1H3. The molecular weight excluding hydrogens is 357 g/mol. The van der Waals surface area contributed by atoms with Crippen molar-refractivity contribution in [2.24, 2.45) is 0 Å². The van der Waals surface area contributed by atoms with Crippen LogP contribution in [0, 0.1) is 5.82 Å². The first-order valence-electron chi connectivity index (χ1n) is 9.92. The van der Waals surface area contributed by atoms with E-state index in [4.69, 9.17) is 9.84 Å². The third-order valence-corrected chi connectivity index (χ3v) is 5.52. The van der Waals surface area contributed by atoms with E-state index >= 15 is 0 Å². The number of hydrogen-bond donors (Lipinski definition) is 1. The Morgan fingerprint density at radius 2 is 1.96 bits per heavy atom. The van der Waals surface area contributed by atoms with E-state index in [0.29, 0.717) is 17.5 Å². The second-order valence-corrected chi connectivity index (χ2v) is 7.84. The Morgan fingerprint density at radius 1 is 1.14 bits per heavy atom. The zero-order valence-electron chi connectivity index (χ0n) is 15.9. The van der Waals surface area contributed by atoms with Gasteiger partial charge < -0.3 is 15.0 Å². The highest BCUT2D eigenvalue weighted by Gasteiger charge is 2.29. The summed E-state index contributed by atoms with van der Waals surface area (Å²) in [6.07, 6.45) is 6.38. The normalized spacial score (nSPS) is 18.5. The molecule has 0 radical (unpaired) electrons. The van der Waals surface area contributed by atoms with E-state index in [0.717, 1.165) is 43.0 Å². The number of nitrogens with zero attached hydrogens (tertiary/aromatic N) is 4. The van der Waals surface area contributed by atoms with Crippen LogP contribution >= 0.6 is 0 Å². The Bertz CT molecular complexity index is 992. The summed E-state index contributed by atoms with van der Waals surface area (Å²) in [5.74, 6) is 0.823. The van der Waals surface area contributed by atoms with Gasteiger partial charge in [0.05, 0.1) is 17.6 Å². The molecule has 1 aliphatic carbocycles. The average molecular weight is 381 g/mol. The van der Waals surface area contributed by atoms with Crippen LogP contribution in [-0.4, -0.2) is 45.7 Å². The van der Waals surface area contributed by atoms with Crippen LogP contribution in [0.15, 0.2) is 36.5 Å². The van der Waals surface area contributed by atoms with E-state index in [1.165, 1.54) is 25.0 Å². The Balaban J connectivity index is 1.50. The lowest BCUT2D eigenvalue weighted by Crippen LogP contribution is -2.35. The Labute approximate surface area is 163 Å². The minimum Gasteiger partial charge on any atom is -0.473 e. The summed E-state index contributed by atoms with van der Waals surface area (Å²) in [6, 6.07) is 8.31. The summed E-state index contributed by atoms with van der Waals surface area (Å²) in [5, 5.41) is 8.03. The molecule has 1 saturated heterocycles. The maximum Gasteiger partial charge on any atom is 0.234 e. The molecular formula is C21H24FN5O. The molecule has 3 heterocycles. The van der Waals surface area contributed by atoms with Crippen molar-refractivity contribution >= 4 is 17.0 Å². The van der Waals surface area contributed by atoms with Crippen LogP contribution < -0.4 is 10.1 Å². The molecule has 2 fully saturated rings. The number of halogens is 1. The smallest absolute Gasteiger partial charge is 0.234 e. The molecule has 0 amide bonds. The number of fused-ring (bicyclic) bond motifs is 1. The molecule has 3 aromatic rings. The molecule has 0 unspecified atom stereocenters. The molecule has 2 aliphatic rings. The van der Waals surface area contributed by atoms with E-state index in [9.17, 15) is 4.39 Å². The average Bonchev–Trinajstić information content (AvgIpc) is 3.43. The second kappa shape index (κ2) is 7.05. The second-order valence-electron chi connectivity index (χ2n) is 7.84. The van der Waals surface area contributed by atoms with Gasteiger partial charge in [0, 0.05) is 30.8 Å². The van der Waals surface area contributed by atoms with Gasteiger partial charge >= 0.3 is 0 Å². The molecule has 146 valence electrons. The molecule has 1 aromatic carbocycles. The minimum absolute atomic E-state index is 0.163. The van der Waals surface area contributed by atoms with Crippen LogP contribution in [0.25, 0.3) is 5.65 Å². The molecule has 1 aliphatic heterocycles. The zero-order valence-corrected chi connectivity index (χ0v) is 15.9.